The van der Waals surface area contributed by atoms with Crippen molar-refractivity contribution in [3.05, 3.63) is 22.4 Å². The van der Waals surface area contributed by atoms with Crippen LogP contribution in [0.1, 0.15) is 5.56 Å². The number of hydrogen-bond acceptors (Lipinski definition) is 3. The van der Waals surface area contributed by atoms with E-state index in [9.17, 15) is 0 Å². The summed E-state index contributed by atoms with van der Waals surface area (Å²) in [5.74, 6) is 0. The van der Waals surface area contributed by atoms with E-state index in [-0.39, 0.29) is 0 Å². The van der Waals surface area contributed by atoms with E-state index in [0.717, 1.165) is 6.42 Å². The Morgan fingerprint density at radius 1 is 1.83 bits per heavy atom. The Kier molecular flexibility index (Phi) is 4.27. The van der Waals surface area contributed by atoms with Crippen LogP contribution in [0.3, 0.4) is 0 Å². The summed E-state index contributed by atoms with van der Waals surface area (Å²) in [6.45, 7) is 0. The Balaban J connectivity index is 2.26. The minimum absolute atomic E-state index is 0.386. The minimum atomic E-state index is 0.386. The third kappa shape index (κ3) is 3.85. The molecule has 0 unspecified atom stereocenters. The molecule has 0 aliphatic rings. The fraction of sp³-hybridized carbons (Fsp3) is 0.143. The van der Waals surface area contributed by atoms with Gasteiger partial charge in [-0.05, 0) is 22.4 Å². The molecular formula is C7H8N2S3. The molecule has 0 aromatic carbocycles. The molecule has 0 bridgehead atoms. The van der Waals surface area contributed by atoms with E-state index in [1.165, 1.54) is 5.56 Å². The molecule has 0 aliphatic carbocycles. The Hall–Kier alpha value is -0.390. The Morgan fingerprint density at radius 2 is 2.67 bits per heavy atom. The fourth-order valence-electron chi connectivity index (χ4n) is 0.661. The molecule has 0 saturated heterocycles. The molecule has 0 fully saturated rings. The Labute approximate surface area is 86.1 Å². The average Bonchev–Trinajstić information content (AvgIpc) is 2.49. The SMILES string of the molecule is S=C(S)NN=CCc1ccsc1. The number of hydrazone groups is 1. The van der Waals surface area contributed by atoms with Crippen molar-refractivity contribution in [2.45, 2.75) is 6.42 Å². The van der Waals surface area contributed by atoms with Gasteiger partial charge in [-0.25, -0.2) is 0 Å². The zero-order chi connectivity index (χ0) is 8.81. The maximum Gasteiger partial charge on any atom is 0.150 e. The van der Waals surface area contributed by atoms with E-state index in [0.29, 0.717) is 4.32 Å². The molecule has 0 atom stereocenters. The number of rotatable bonds is 3. The van der Waals surface area contributed by atoms with E-state index < -0.39 is 0 Å². The molecule has 0 amide bonds. The summed E-state index contributed by atoms with van der Waals surface area (Å²) in [7, 11) is 0. The van der Waals surface area contributed by atoms with Gasteiger partial charge in [-0.3, -0.25) is 5.43 Å². The lowest BCUT2D eigenvalue weighted by atomic mass is 10.3. The second-order valence-corrected chi connectivity index (χ2v) is 4.00. The van der Waals surface area contributed by atoms with Crippen LogP contribution >= 0.6 is 36.2 Å². The van der Waals surface area contributed by atoms with E-state index in [1.54, 1.807) is 17.6 Å². The highest BCUT2D eigenvalue weighted by Crippen LogP contribution is 2.04. The first-order valence-corrected chi connectivity index (χ1v) is 5.10. The lowest BCUT2D eigenvalue weighted by Crippen LogP contribution is -2.07. The van der Waals surface area contributed by atoms with Gasteiger partial charge in [-0.1, -0.05) is 12.2 Å². The predicted molar refractivity (Wildman–Crippen MR) is 61.2 cm³/mol. The summed E-state index contributed by atoms with van der Waals surface area (Å²) in [5.41, 5.74) is 3.84. The van der Waals surface area contributed by atoms with Gasteiger partial charge in [-0.2, -0.15) is 16.4 Å². The molecular weight excluding hydrogens is 208 g/mol. The van der Waals surface area contributed by atoms with Crippen LogP contribution in [0, 0.1) is 0 Å². The molecule has 1 rings (SSSR count). The maximum absolute atomic E-state index is 4.65. The van der Waals surface area contributed by atoms with Gasteiger partial charge >= 0.3 is 0 Å². The van der Waals surface area contributed by atoms with Gasteiger partial charge in [0, 0.05) is 12.6 Å². The number of nitrogens with one attached hydrogen (secondary N) is 1. The van der Waals surface area contributed by atoms with Crippen LogP contribution < -0.4 is 5.43 Å². The van der Waals surface area contributed by atoms with Crippen molar-refractivity contribution in [3.63, 3.8) is 0 Å². The van der Waals surface area contributed by atoms with Crippen LogP contribution in [0.15, 0.2) is 21.9 Å². The molecule has 5 heteroatoms. The first kappa shape index (κ1) is 9.70. The molecule has 1 aromatic rings. The van der Waals surface area contributed by atoms with Crippen LogP contribution in [0.5, 0.6) is 0 Å². The highest BCUT2D eigenvalue weighted by molar-refractivity contribution is 8.11. The van der Waals surface area contributed by atoms with Crippen molar-refractivity contribution in [3.8, 4) is 0 Å². The van der Waals surface area contributed by atoms with Crippen molar-refractivity contribution in [1.82, 2.24) is 5.43 Å². The number of thiocarbonyl (C=S) groups is 1. The molecule has 0 spiro atoms. The topological polar surface area (TPSA) is 24.4 Å². The molecule has 1 heterocycles. The molecule has 0 saturated carbocycles. The molecule has 2 nitrogen and oxygen atoms in total. The zero-order valence-corrected chi connectivity index (χ0v) is 8.75. The highest BCUT2D eigenvalue weighted by atomic mass is 32.1. The zero-order valence-electron chi connectivity index (χ0n) is 6.23. The van der Waals surface area contributed by atoms with Crippen molar-refractivity contribution >= 4 is 46.7 Å². The third-order valence-electron chi connectivity index (χ3n) is 1.16. The van der Waals surface area contributed by atoms with Gasteiger partial charge < -0.3 is 0 Å². The molecule has 0 radical (unpaired) electrons. The average molecular weight is 216 g/mol. The van der Waals surface area contributed by atoms with Crippen LogP contribution in [-0.4, -0.2) is 10.5 Å². The third-order valence-corrected chi connectivity index (χ3v) is 2.08. The number of thiol groups is 1. The van der Waals surface area contributed by atoms with Crippen LogP contribution in [-0.2, 0) is 6.42 Å². The summed E-state index contributed by atoms with van der Waals surface area (Å²) in [4.78, 5) is 0. The first-order valence-electron chi connectivity index (χ1n) is 3.30. The largest absolute Gasteiger partial charge is 0.263 e. The standard InChI is InChI=1S/C7H8N2S3/c10-7(11)9-8-3-1-6-2-4-12-5-6/h2-5H,1H2,(H2,9,10,11). The second kappa shape index (κ2) is 5.29. The number of thiophene rings is 1. The van der Waals surface area contributed by atoms with Crippen molar-refractivity contribution in [2.24, 2.45) is 5.10 Å². The minimum Gasteiger partial charge on any atom is -0.263 e. The maximum atomic E-state index is 4.65. The Morgan fingerprint density at radius 3 is 3.25 bits per heavy atom. The summed E-state index contributed by atoms with van der Waals surface area (Å²) >= 11 is 10.2. The summed E-state index contributed by atoms with van der Waals surface area (Å²) < 4.78 is 0.386. The van der Waals surface area contributed by atoms with Gasteiger partial charge in [-0.15, -0.1) is 12.6 Å². The highest BCUT2D eigenvalue weighted by Gasteiger charge is 1.87. The molecule has 0 aliphatic heterocycles. The lowest BCUT2D eigenvalue weighted by molar-refractivity contribution is 1.06. The van der Waals surface area contributed by atoms with Gasteiger partial charge in [0.05, 0.1) is 0 Å². The summed E-state index contributed by atoms with van der Waals surface area (Å²) in [5, 5.41) is 7.99. The monoisotopic (exact) mass is 216 g/mol. The van der Waals surface area contributed by atoms with Crippen LogP contribution in [0.4, 0.5) is 0 Å². The van der Waals surface area contributed by atoms with E-state index >= 15 is 0 Å². The molecule has 1 aromatic heterocycles. The molecule has 12 heavy (non-hydrogen) atoms. The van der Waals surface area contributed by atoms with Crippen LogP contribution in [0.25, 0.3) is 0 Å². The van der Waals surface area contributed by atoms with E-state index in [1.807, 2.05) is 5.38 Å². The predicted octanol–water partition coefficient (Wildman–Crippen LogP) is 2.08. The molecule has 1 N–H and O–H groups in total. The van der Waals surface area contributed by atoms with Gasteiger partial charge in [0.2, 0.25) is 0 Å². The van der Waals surface area contributed by atoms with Crippen molar-refractivity contribution in [2.75, 3.05) is 0 Å². The quantitative estimate of drug-likeness (QED) is 0.350. The van der Waals surface area contributed by atoms with E-state index in [4.69, 9.17) is 0 Å². The molecule has 64 valence electrons. The summed E-state index contributed by atoms with van der Waals surface area (Å²) in [6, 6.07) is 2.07. The van der Waals surface area contributed by atoms with Gasteiger partial charge in [0.25, 0.3) is 0 Å². The number of hydrogen-bond donors (Lipinski definition) is 2. The van der Waals surface area contributed by atoms with Gasteiger partial charge in [0.1, 0.15) is 0 Å². The summed E-state index contributed by atoms with van der Waals surface area (Å²) in [6.07, 6.45) is 2.59. The number of nitrogens with zero attached hydrogens (tertiary/aromatic N) is 1. The lowest BCUT2D eigenvalue weighted by Gasteiger charge is -1.91. The Bertz CT molecular complexity index is 266. The first-order chi connectivity index (χ1) is 5.79. The van der Waals surface area contributed by atoms with Crippen molar-refractivity contribution in [1.29, 1.82) is 0 Å². The smallest absolute Gasteiger partial charge is 0.150 e. The second-order valence-electron chi connectivity index (χ2n) is 2.06. The fourth-order valence-corrected chi connectivity index (χ4v) is 1.45. The van der Waals surface area contributed by atoms with Gasteiger partial charge in [0.15, 0.2) is 4.32 Å². The van der Waals surface area contributed by atoms with Crippen LogP contribution in [0.2, 0.25) is 0 Å². The normalized spacial score (nSPS) is 10.4. The van der Waals surface area contributed by atoms with E-state index in [2.05, 4.69) is 46.8 Å². The van der Waals surface area contributed by atoms with Crippen molar-refractivity contribution < 1.29 is 0 Å².